The quantitative estimate of drug-likeness (QED) is 0.539. The number of allylic oxidation sites excluding steroid dienone is 2. The SMILES string of the molecule is CCC(C)(CC)OC(=O)C1CC2C=CC1C2. The Balaban J connectivity index is 1.96. The van der Waals surface area contributed by atoms with Gasteiger partial charge in [-0.15, -0.1) is 0 Å². The van der Waals surface area contributed by atoms with Crippen LogP contribution < -0.4 is 0 Å². The molecule has 0 aromatic heterocycles. The number of fused-ring (bicyclic) bond motifs is 2. The van der Waals surface area contributed by atoms with Gasteiger partial charge in [-0.1, -0.05) is 26.0 Å². The monoisotopic (exact) mass is 222 g/mol. The summed E-state index contributed by atoms with van der Waals surface area (Å²) in [4.78, 5) is 12.1. The van der Waals surface area contributed by atoms with Crippen molar-refractivity contribution < 1.29 is 9.53 Å². The summed E-state index contributed by atoms with van der Waals surface area (Å²) in [6.07, 6.45) is 8.42. The molecular weight excluding hydrogens is 200 g/mol. The maximum atomic E-state index is 12.1. The standard InChI is InChI=1S/C14H22O2/c1-4-14(3,5-2)16-13(15)12-9-10-6-7-11(12)8-10/h6-7,10-12H,4-5,8-9H2,1-3H3. The van der Waals surface area contributed by atoms with Gasteiger partial charge in [0.25, 0.3) is 0 Å². The molecule has 2 bridgehead atoms. The van der Waals surface area contributed by atoms with Crippen molar-refractivity contribution in [3.8, 4) is 0 Å². The second-order valence-corrected chi connectivity index (χ2v) is 5.46. The molecule has 2 rings (SSSR count). The molecule has 0 aliphatic heterocycles. The largest absolute Gasteiger partial charge is 0.459 e. The van der Waals surface area contributed by atoms with E-state index in [1.165, 1.54) is 0 Å². The fourth-order valence-corrected chi connectivity index (χ4v) is 2.76. The van der Waals surface area contributed by atoms with Crippen molar-refractivity contribution in [1.82, 2.24) is 0 Å². The average Bonchev–Trinajstić information content (AvgIpc) is 2.90. The molecule has 0 saturated heterocycles. The van der Waals surface area contributed by atoms with Crippen molar-refractivity contribution in [2.45, 2.75) is 52.1 Å². The molecule has 2 aliphatic rings. The minimum atomic E-state index is -0.261. The van der Waals surface area contributed by atoms with Gasteiger partial charge < -0.3 is 4.74 Å². The summed E-state index contributed by atoms with van der Waals surface area (Å²) in [6.45, 7) is 6.20. The predicted molar refractivity (Wildman–Crippen MR) is 63.9 cm³/mol. The van der Waals surface area contributed by atoms with Gasteiger partial charge in [-0.05, 0) is 44.4 Å². The van der Waals surface area contributed by atoms with Crippen molar-refractivity contribution in [3.05, 3.63) is 12.2 Å². The molecule has 0 radical (unpaired) electrons. The van der Waals surface area contributed by atoms with Crippen molar-refractivity contribution in [2.75, 3.05) is 0 Å². The minimum absolute atomic E-state index is 0.0306. The fourth-order valence-electron chi connectivity index (χ4n) is 2.76. The zero-order chi connectivity index (χ0) is 11.8. The lowest BCUT2D eigenvalue weighted by atomic mass is 9.93. The van der Waals surface area contributed by atoms with E-state index < -0.39 is 0 Å². The van der Waals surface area contributed by atoms with Crippen LogP contribution >= 0.6 is 0 Å². The number of carbonyl (C=O) groups is 1. The van der Waals surface area contributed by atoms with E-state index in [4.69, 9.17) is 4.74 Å². The Morgan fingerprint density at radius 3 is 2.44 bits per heavy atom. The van der Waals surface area contributed by atoms with Gasteiger partial charge in [-0.25, -0.2) is 0 Å². The van der Waals surface area contributed by atoms with Crippen molar-refractivity contribution in [2.24, 2.45) is 17.8 Å². The molecule has 2 heteroatoms. The summed E-state index contributed by atoms with van der Waals surface area (Å²) in [5.74, 6) is 1.25. The van der Waals surface area contributed by atoms with Crippen LogP contribution in [0, 0.1) is 17.8 Å². The number of esters is 1. The van der Waals surface area contributed by atoms with E-state index in [2.05, 4.69) is 26.0 Å². The van der Waals surface area contributed by atoms with E-state index in [-0.39, 0.29) is 17.5 Å². The first-order valence-electron chi connectivity index (χ1n) is 6.49. The molecular formula is C14H22O2. The highest BCUT2D eigenvalue weighted by Crippen LogP contribution is 2.44. The van der Waals surface area contributed by atoms with Crippen LogP contribution in [0.25, 0.3) is 0 Å². The summed E-state index contributed by atoms with van der Waals surface area (Å²) in [7, 11) is 0. The molecule has 0 N–H and O–H groups in total. The molecule has 0 amide bonds. The van der Waals surface area contributed by atoms with E-state index >= 15 is 0 Å². The highest BCUT2D eigenvalue weighted by Gasteiger charge is 2.42. The third-order valence-electron chi connectivity index (χ3n) is 4.42. The Kier molecular flexibility index (Phi) is 3.09. The van der Waals surface area contributed by atoms with E-state index in [9.17, 15) is 4.79 Å². The van der Waals surface area contributed by atoms with Crippen LogP contribution in [0.2, 0.25) is 0 Å². The van der Waals surface area contributed by atoms with Gasteiger partial charge in [0.1, 0.15) is 5.60 Å². The maximum Gasteiger partial charge on any atom is 0.310 e. The van der Waals surface area contributed by atoms with Crippen LogP contribution in [-0.2, 0) is 9.53 Å². The summed E-state index contributed by atoms with van der Waals surface area (Å²) >= 11 is 0. The number of rotatable bonds is 4. The first-order chi connectivity index (χ1) is 7.58. The minimum Gasteiger partial charge on any atom is -0.459 e. The number of carbonyl (C=O) groups excluding carboxylic acids is 1. The molecule has 3 unspecified atom stereocenters. The number of ether oxygens (including phenoxy) is 1. The first-order valence-corrected chi connectivity index (χ1v) is 6.49. The fraction of sp³-hybridized carbons (Fsp3) is 0.786. The van der Waals surface area contributed by atoms with Gasteiger partial charge in [0.05, 0.1) is 5.92 Å². The smallest absolute Gasteiger partial charge is 0.310 e. The summed E-state index contributed by atoms with van der Waals surface area (Å²) in [5.41, 5.74) is -0.261. The van der Waals surface area contributed by atoms with Gasteiger partial charge in [0.2, 0.25) is 0 Å². The molecule has 16 heavy (non-hydrogen) atoms. The van der Waals surface area contributed by atoms with Gasteiger partial charge >= 0.3 is 5.97 Å². The molecule has 1 fully saturated rings. The van der Waals surface area contributed by atoms with E-state index in [1.807, 2.05) is 6.92 Å². The van der Waals surface area contributed by atoms with Crippen LogP contribution in [-0.4, -0.2) is 11.6 Å². The third-order valence-corrected chi connectivity index (χ3v) is 4.42. The van der Waals surface area contributed by atoms with Crippen LogP contribution in [0.15, 0.2) is 12.2 Å². The summed E-state index contributed by atoms with van der Waals surface area (Å²) < 4.78 is 5.70. The topological polar surface area (TPSA) is 26.3 Å². The Labute approximate surface area is 98.1 Å². The Morgan fingerprint density at radius 1 is 1.31 bits per heavy atom. The highest BCUT2D eigenvalue weighted by molar-refractivity contribution is 5.74. The van der Waals surface area contributed by atoms with Gasteiger partial charge in [-0.2, -0.15) is 0 Å². The van der Waals surface area contributed by atoms with Gasteiger partial charge in [0.15, 0.2) is 0 Å². The molecule has 90 valence electrons. The van der Waals surface area contributed by atoms with Crippen molar-refractivity contribution in [3.63, 3.8) is 0 Å². The molecule has 0 aromatic rings. The molecule has 1 saturated carbocycles. The van der Waals surface area contributed by atoms with E-state index in [1.54, 1.807) is 0 Å². The normalized spacial score (nSPS) is 32.1. The predicted octanol–water partition coefficient (Wildman–Crippen LogP) is 3.32. The second kappa shape index (κ2) is 4.23. The Morgan fingerprint density at radius 2 is 2.00 bits per heavy atom. The highest BCUT2D eigenvalue weighted by atomic mass is 16.6. The summed E-state index contributed by atoms with van der Waals surface area (Å²) in [5, 5.41) is 0. The Bertz CT molecular complexity index is 302. The molecule has 0 heterocycles. The zero-order valence-electron chi connectivity index (χ0n) is 10.5. The van der Waals surface area contributed by atoms with Gasteiger partial charge in [-0.3, -0.25) is 4.79 Å². The zero-order valence-corrected chi connectivity index (χ0v) is 10.5. The van der Waals surface area contributed by atoms with Crippen LogP contribution in [0.5, 0.6) is 0 Å². The lowest BCUT2D eigenvalue weighted by Gasteiger charge is -2.29. The van der Waals surface area contributed by atoms with Crippen LogP contribution in [0.4, 0.5) is 0 Å². The van der Waals surface area contributed by atoms with Crippen molar-refractivity contribution in [1.29, 1.82) is 0 Å². The third kappa shape index (κ3) is 2.02. The number of hydrogen-bond donors (Lipinski definition) is 0. The molecule has 0 aromatic carbocycles. The lowest BCUT2D eigenvalue weighted by molar-refractivity contribution is -0.164. The van der Waals surface area contributed by atoms with Gasteiger partial charge in [0, 0.05) is 0 Å². The average molecular weight is 222 g/mol. The maximum absolute atomic E-state index is 12.1. The second-order valence-electron chi connectivity index (χ2n) is 5.46. The van der Waals surface area contributed by atoms with E-state index in [0.29, 0.717) is 11.8 Å². The number of hydrogen-bond acceptors (Lipinski definition) is 2. The lowest BCUT2D eigenvalue weighted by Crippen LogP contribution is -2.34. The molecule has 3 atom stereocenters. The molecule has 2 aliphatic carbocycles. The molecule has 2 nitrogen and oxygen atoms in total. The summed E-state index contributed by atoms with van der Waals surface area (Å²) in [6, 6.07) is 0. The van der Waals surface area contributed by atoms with E-state index in [0.717, 1.165) is 25.7 Å². The Hall–Kier alpha value is -0.790. The van der Waals surface area contributed by atoms with Crippen molar-refractivity contribution >= 4 is 5.97 Å². The van der Waals surface area contributed by atoms with Crippen LogP contribution in [0.1, 0.15) is 46.5 Å². The van der Waals surface area contributed by atoms with Crippen LogP contribution in [0.3, 0.4) is 0 Å². The molecule has 0 spiro atoms. The first kappa shape index (κ1) is 11.7.